The van der Waals surface area contributed by atoms with Gasteiger partial charge in [-0.05, 0) is 38.2 Å². The molecule has 1 saturated carbocycles. The van der Waals surface area contributed by atoms with Crippen LogP contribution in [-0.4, -0.2) is 11.2 Å². The van der Waals surface area contributed by atoms with E-state index in [4.69, 9.17) is 4.74 Å². The van der Waals surface area contributed by atoms with Gasteiger partial charge in [-0.25, -0.2) is 0 Å². The van der Waals surface area contributed by atoms with E-state index in [1.54, 1.807) is 11.6 Å². The molecular weight excluding hydrogens is 260 g/mol. The van der Waals surface area contributed by atoms with Crippen LogP contribution in [0, 0.1) is 11.8 Å². The van der Waals surface area contributed by atoms with Gasteiger partial charge in [0.2, 0.25) is 0 Å². The highest BCUT2D eigenvalue weighted by Gasteiger charge is 2.44. The van der Waals surface area contributed by atoms with Crippen molar-refractivity contribution in [2.75, 3.05) is 0 Å². The normalized spacial score (nSPS) is 35.5. The monoisotopic (exact) mass is 284 g/mol. The highest BCUT2D eigenvalue weighted by Crippen LogP contribution is 2.52. The summed E-state index contributed by atoms with van der Waals surface area (Å²) in [6, 6.07) is 7.73. The number of hydrogen-bond donors (Lipinski definition) is 1. The first kappa shape index (κ1) is 13.4. The summed E-state index contributed by atoms with van der Waals surface area (Å²) in [6.07, 6.45) is 11.7. The molecule has 1 saturated heterocycles. The third kappa shape index (κ3) is 2.30. The second-order valence-electron chi connectivity index (χ2n) is 6.79. The third-order valence-corrected chi connectivity index (χ3v) is 5.59. The minimum Gasteiger partial charge on any atom is -0.508 e. The lowest BCUT2D eigenvalue weighted by Crippen LogP contribution is -2.41. The van der Waals surface area contributed by atoms with Crippen LogP contribution in [0.25, 0.3) is 0 Å². The molecule has 1 aromatic rings. The van der Waals surface area contributed by atoms with Gasteiger partial charge in [0.15, 0.2) is 0 Å². The van der Waals surface area contributed by atoms with Crippen LogP contribution in [0.15, 0.2) is 35.9 Å². The third-order valence-electron chi connectivity index (χ3n) is 5.59. The molecule has 4 rings (SSSR count). The molecule has 0 radical (unpaired) electrons. The fourth-order valence-electron chi connectivity index (χ4n) is 4.62. The highest BCUT2D eigenvalue weighted by molar-refractivity contribution is 5.37. The molecule has 0 aromatic heterocycles. The molecule has 3 aliphatic rings. The van der Waals surface area contributed by atoms with Gasteiger partial charge in [-0.2, -0.15) is 0 Å². The number of aromatic hydroxyl groups is 1. The summed E-state index contributed by atoms with van der Waals surface area (Å²) in [5.74, 6) is 1.51. The zero-order valence-corrected chi connectivity index (χ0v) is 12.5. The summed E-state index contributed by atoms with van der Waals surface area (Å²) in [5, 5.41) is 10.2. The van der Waals surface area contributed by atoms with Gasteiger partial charge >= 0.3 is 0 Å². The number of rotatable bonds is 1. The van der Waals surface area contributed by atoms with Crippen LogP contribution in [-0.2, 0) is 4.74 Å². The number of para-hydroxylation sites is 1. The van der Waals surface area contributed by atoms with Gasteiger partial charge < -0.3 is 9.84 Å². The minimum absolute atomic E-state index is 0.0529. The van der Waals surface area contributed by atoms with Gasteiger partial charge in [-0.15, -0.1) is 0 Å². The number of ether oxygens (including phenoxy) is 1. The molecule has 1 N–H and O–H groups in total. The van der Waals surface area contributed by atoms with E-state index >= 15 is 0 Å². The number of phenolic OH excluding ortho intramolecular Hbond substituents is 1. The Labute approximate surface area is 126 Å². The van der Waals surface area contributed by atoms with Crippen LogP contribution >= 0.6 is 0 Å². The molecular formula is C19H24O2. The average molecular weight is 284 g/mol. The summed E-state index contributed by atoms with van der Waals surface area (Å²) in [7, 11) is 0. The van der Waals surface area contributed by atoms with Crippen molar-refractivity contribution in [1.29, 1.82) is 0 Å². The fourth-order valence-corrected chi connectivity index (χ4v) is 4.62. The van der Waals surface area contributed by atoms with Crippen molar-refractivity contribution >= 4 is 0 Å². The quantitative estimate of drug-likeness (QED) is 0.754. The Balaban J connectivity index is 1.72. The summed E-state index contributed by atoms with van der Waals surface area (Å²) in [4.78, 5) is 0. The van der Waals surface area contributed by atoms with Crippen LogP contribution in [0.2, 0.25) is 0 Å². The molecule has 21 heavy (non-hydrogen) atoms. The maximum Gasteiger partial charge on any atom is 0.121 e. The maximum absolute atomic E-state index is 10.2. The minimum atomic E-state index is 0.0529. The largest absolute Gasteiger partial charge is 0.508 e. The molecule has 4 atom stereocenters. The molecule has 0 bridgehead atoms. The Morgan fingerprint density at radius 3 is 2.67 bits per heavy atom. The summed E-state index contributed by atoms with van der Waals surface area (Å²) >= 11 is 0. The molecule has 1 aliphatic heterocycles. The van der Waals surface area contributed by atoms with Gasteiger partial charge in [0.1, 0.15) is 5.75 Å². The molecule has 1 heterocycles. The van der Waals surface area contributed by atoms with Crippen molar-refractivity contribution in [2.24, 2.45) is 11.8 Å². The van der Waals surface area contributed by atoms with Crippen LogP contribution in [0.4, 0.5) is 0 Å². The molecule has 0 spiro atoms. The molecule has 0 unspecified atom stereocenters. The fraction of sp³-hybridized carbons (Fsp3) is 0.579. The second-order valence-corrected chi connectivity index (χ2v) is 6.79. The van der Waals surface area contributed by atoms with Gasteiger partial charge in [0.05, 0.1) is 12.2 Å². The summed E-state index contributed by atoms with van der Waals surface area (Å²) in [6.45, 7) is 0. The van der Waals surface area contributed by atoms with E-state index in [1.165, 1.54) is 44.9 Å². The average Bonchev–Trinajstić information content (AvgIpc) is 2.55. The Kier molecular flexibility index (Phi) is 3.50. The predicted octanol–water partition coefficient (Wildman–Crippen LogP) is 4.75. The van der Waals surface area contributed by atoms with E-state index in [9.17, 15) is 5.11 Å². The predicted molar refractivity (Wildman–Crippen MR) is 83.1 cm³/mol. The van der Waals surface area contributed by atoms with Crippen molar-refractivity contribution < 1.29 is 9.84 Å². The molecule has 2 heteroatoms. The van der Waals surface area contributed by atoms with E-state index in [2.05, 4.69) is 6.08 Å². The van der Waals surface area contributed by atoms with Crippen molar-refractivity contribution in [1.82, 2.24) is 0 Å². The van der Waals surface area contributed by atoms with Crippen molar-refractivity contribution in [3.05, 3.63) is 41.5 Å². The van der Waals surface area contributed by atoms with E-state index in [0.717, 1.165) is 5.56 Å². The smallest absolute Gasteiger partial charge is 0.121 e. The van der Waals surface area contributed by atoms with Crippen LogP contribution in [0.1, 0.15) is 56.6 Å². The molecule has 2 aliphatic carbocycles. The lowest BCUT2D eigenvalue weighted by molar-refractivity contribution is -0.107. The Morgan fingerprint density at radius 2 is 1.76 bits per heavy atom. The lowest BCUT2D eigenvalue weighted by atomic mass is 9.68. The number of benzene rings is 1. The Bertz CT molecular complexity index is 548. The highest BCUT2D eigenvalue weighted by atomic mass is 16.5. The number of hydrogen-bond acceptors (Lipinski definition) is 2. The molecule has 2 nitrogen and oxygen atoms in total. The summed E-state index contributed by atoms with van der Waals surface area (Å²) in [5.41, 5.74) is 2.63. The van der Waals surface area contributed by atoms with Gasteiger partial charge in [0.25, 0.3) is 0 Å². The van der Waals surface area contributed by atoms with Crippen LogP contribution in [0.3, 0.4) is 0 Å². The maximum atomic E-state index is 10.2. The van der Waals surface area contributed by atoms with E-state index < -0.39 is 0 Å². The van der Waals surface area contributed by atoms with Crippen LogP contribution < -0.4 is 0 Å². The number of phenols is 1. The Hall–Kier alpha value is -1.28. The first-order valence-corrected chi connectivity index (χ1v) is 8.48. The SMILES string of the molecule is Oc1ccccc1[C@H]1O[C@H]2CCCC[C@H]2C2=CCCC[C@H]21. The zero-order valence-electron chi connectivity index (χ0n) is 12.5. The standard InChI is InChI=1S/C19H24O2/c20-17-11-5-3-10-16(17)19-15-9-2-1-7-13(15)14-8-4-6-12-18(14)21-19/h3,5,7,10-11,14-15,18-20H,1-2,4,6,8-9,12H2/t14-,15+,18-,19-/m0/s1. The van der Waals surface area contributed by atoms with Gasteiger partial charge in [0, 0.05) is 17.4 Å². The van der Waals surface area contributed by atoms with E-state index in [1.807, 2.05) is 18.2 Å². The van der Waals surface area contributed by atoms with Gasteiger partial charge in [-0.1, -0.05) is 42.7 Å². The van der Waals surface area contributed by atoms with Crippen molar-refractivity contribution in [2.45, 2.75) is 57.2 Å². The summed E-state index contributed by atoms with van der Waals surface area (Å²) < 4.78 is 6.53. The van der Waals surface area contributed by atoms with Crippen molar-refractivity contribution in [3.63, 3.8) is 0 Å². The lowest BCUT2D eigenvalue weighted by Gasteiger charge is -2.47. The Morgan fingerprint density at radius 1 is 0.952 bits per heavy atom. The molecule has 112 valence electrons. The first-order valence-electron chi connectivity index (χ1n) is 8.48. The second kappa shape index (κ2) is 5.49. The molecule has 1 aromatic carbocycles. The van der Waals surface area contributed by atoms with Gasteiger partial charge in [-0.3, -0.25) is 0 Å². The number of allylic oxidation sites excluding steroid dienone is 1. The number of fused-ring (bicyclic) bond motifs is 3. The van der Waals surface area contributed by atoms with E-state index in [-0.39, 0.29) is 6.10 Å². The topological polar surface area (TPSA) is 29.5 Å². The van der Waals surface area contributed by atoms with Crippen LogP contribution in [0.5, 0.6) is 5.75 Å². The molecule has 2 fully saturated rings. The van der Waals surface area contributed by atoms with E-state index in [0.29, 0.717) is 23.7 Å². The molecule has 0 amide bonds. The first-order chi connectivity index (χ1) is 10.3. The zero-order chi connectivity index (χ0) is 14.2. The van der Waals surface area contributed by atoms with Crippen molar-refractivity contribution in [3.8, 4) is 5.75 Å².